The van der Waals surface area contributed by atoms with Crippen molar-refractivity contribution in [3.8, 4) is 0 Å². The molecule has 1 amide bonds. The fourth-order valence-electron chi connectivity index (χ4n) is 2.65. The third kappa shape index (κ3) is 5.48. The van der Waals surface area contributed by atoms with E-state index in [0.29, 0.717) is 24.8 Å². The molecule has 0 spiro atoms. The minimum absolute atomic E-state index is 0.0313. The highest BCUT2D eigenvalue weighted by Gasteiger charge is 2.13. The van der Waals surface area contributed by atoms with Gasteiger partial charge in [-0.05, 0) is 37.0 Å². The van der Waals surface area contributed by atoms with E-state index in [1.807, 2.05) is 24.3 Å². The quantitative estimate of drug-likeness (QED) is 0.759. The number of benzene rings is 1. The van der Waals surface area contributed by atoms with Crippen LogP contribution in [0, 0.1) is 0 Å². The molecule has 4 heteroatoms. The predicted octanol–water partition coefficient (Wildman–Crippen LogP) is 2.61. The summed E-state index contributed by atoms with van der Waals surface area (Å²) in [5.74, 6) is -0.0313. The van der Waals surface area contributed by atoms with E-state index in [0.717, 1.165) is 18.6 Å². The van der Waals surface area contributed by atoms with E-state index in [4.69, 9.17) is 10.5 Å². The zero-order valence-corrected chi connectivity index (χ0v) is 12.6. The molecule has 1 fully saturated rings. The molecule has 0 heterocycles. The van der Waals surface area contributed by atoms with Crippen molar-refractivity contribution >= 4 is 5.91 Å². The van der Waals surface area contributed by atoms with Crippen molar-refractivity contribution in [2.24, 2.45) is 5.73 Å². The van der Waals surface area contributed by atoms with Gasteiger partial charge in [-0.1, -0.05) is 31.4 Å². The normalized spacial score (nSPS) is 15.9. The van der Waals surface area contributed by atoms with E-state index < -0.39 is 0 Å². The standard InChI is InChI=1S/C17H26N2O2/c18-13-14-7-9-15(10-8-14)17(20)19-11-4-12-21-16-5-2-1-3-6-16/h7-10,16H,1-6,11-13,18H2,(H,19,20). The van der Waals surface area contributed by atoms with E-state index >= 15 is 0 Å². The summed E-state index contributed by atoms with van der Waals surface area (Å²) in [6, 6.07) is 7.41. The molecule has 116 valence electrons. The smallest absolute Gasteiger partial charge is 0.251 e. The number of hydrogen-bond acceptors (Lipinski definition) is 3. The van der Waals surface area contributed by atoms with Crippen molar-refractivity contribution in [1.29, 1.82) is 0 Å². The molecule has 1 aromatic rings. The van der Waals surface area contributed by atoms with Crippen molar-refractivity contribution in [2.45, 2.75) is 51.2 Å². The number of ether oxygens (including phenoxy) is 1. The summed E-state index contributed by atoms with van der Waals surface area (Å²) in [6.07, 6.45) is 7.63. The van der Waals surface area contributed by atoms with E-state index in [1.54, 1.807) is 0 Å². The van der Waals surface area contributed by atoms with Gasteiger partial charge >= 0.3 is 0 Å². The molecule has 1 aliphatic rings. The summed E-state index contributed by atoms with van der Waals surface area (Å²) in [6.45, 7) is 1.89. The third-order valence-corrected chi connectivity index (χ3v) is 3.96. The molecule has 0 bridgehead atoms. The lowest BCUT2D eigenvalue weighted by Crippen LogP contribution is -2.26. The number of carbonyl (C=O) groups is 1. The molecule has 1 aliphatic carbocycles. The second-order valence-corrected chi connectivity index (χ2v) is 5.64. The molecule has 2 rings (SSSR count). The molecule has 3 N–H and O–H groups in total. The first kappa shape index (κ1) is 16.0. The van der Waals surface area contributed by atoms with Gasteiger partial charge in [0, 0.05) is 25.3 Å². The molecular formula is C17H26N2O2. The van der Waals surface area contributed by atoms with Gasteiger partial charge in [0.15, 0.2) is 0 Å². The molecular weight excluding hydrogens is 264 g/mol. The van der Waals surface area contributed by atoms with Gasteiger partial charge in [0.2, 0.25) is 0 Å². The van der Waals surface area contributed by atoms with Crippen LogP contribution >= 0.6 is 0 Å². The molecule has 0 radical (unpaired) electrons. The highest BCUT2D eigenvalue weighted by molar-refractivity contribution is 5.94. The van der Waals surface area contributed by atoms with Gasteiger partial charge in [0.1, 0.15) is 0 Å². The maximum absolute atomic E-state index is 11.9. The van der Waals surface area contributed by atoms with Crippen molar-refractivity contribution in [3.05, 3.63) is 35.4 Å². The first-order valence-corrected chi connectivity index (χ1v) is 7.98. The number of nitrogens with one attached hydrogen (secondary N) is 1. The van der Waals surface area contributed by atoms with Crippen LogP contribution in [0.5, 0.6) is 0 Å². The Morgan fingerprint density at radius 3 is 2.57 bits per heavy atom. The minimum atomic E-state index is -0.0313. The molecule has 21 heavy (non-hydrogen) atoms. The topological polar surface area (TPSA) is 64.4 Å². The SMILES string of the molecule is NCc1ccc(C(=O)NCCCOC2CCCCC2)cc1. The fourth-order valence-corrected chi connectivity index (χ4v) is 2.65. The highest BCUT2D eigenvalue weighted by atomic mass is 16.5. The molecule has 0 aliphatic heterocycles. The van der Waals surface area contributed by atoms with E-state index in [9.17, 15) is 4.79 Å². The van der Waals surface area contributed by atoms with Crippen LogP contribution in [0.1, 0.15) is 54.4 Å². The Hall–Kier alpha value is -1.39. The van der Waals surface area contributed by atoms with Gasteiger partial charge in [-0.15, -0.1) is 0 Å². The first-order valence-electron chi connectivity index (χ1n) is 7.98. The van der Waals surface area contributed by atoms with Crippen molar-refractivity contribution in [1.82, 2.24) is 5.32 Å². The van der Waals surface area contributed by atoms with Crippen LogP contribution in [0.3, 0.4) is 0 Å². The van der Waals surface area contributed by atoms with Crippen LogP contribution in [0.4, 0.5) is 0 Å². The van der Waals surface area contributed by atoms with Gasteiger partial charge in [-0.3, -0.25) is 4.79 Å². The van der Waals surface area contributed by atoms with E-state index in [2.05, 4.69) is 5.32 Å². The summed E-state index contributed by atoms with van der Waals surface area (Å²) in [7, 11) is 0. The lowest BCUT2D eigenvalue weighted by molar-refractivity contribution is 0.0273. The Morgan fingerprint density at radius 1 is 1.19 bits per heavy atom. The highest BCUT2D eigenvalue weighted by Crippen LogP contribution is 2.20. The number of carbonyl (C=O) groups excluding carboxylic acids is 1. The van der Waals surface area contributed by atoms with Crippen LogP contribution in [0.25, 0.3) is 0 Å². The Morgan fingerprint density at radius 2 is 1.90 bits per heavy atom. The Balaban J connectivity index is 1.60. The zero-order chi connectivity index (χ0) is 14.9. The summed E-state index contributed by atoms with van der Waals surface area (Å²) in [4.78, 5) is 11.9. The summed E-state index contributed by atoms with van der Waals surface area (Å²) >= 11 is 0. The summed E-state index contributed by atoms with van der Waals surface area (Å²) in [5.41, 5.74) is 7.25. The Bertz CT molecular complexity index is 425. The second-order valence-electron chi connectivity index (χ2n) is 5.64. The molecule has 0 aromatic heterocycles. The molecule has 0 saturated heterocycles. The first-order chi connectivity index (χ1) is 10.3. The van der Waals surface area contributed by atoms with Crippen LogP contribution in [0.15, 0.2) is 24.3 Å². The average molecular weight is 290 g/mol. The van der Waals surface area contributed by atoms with Gasteiger partial charge in [0.25, 0.3) is 5.91 Å². The average Bonchev–Trinajstić information content (AvgIpc) is 2.55. The van der Waals surface area contributed by atoms with Gasteiger partial charge < -0.3 is 15.8 Å². The lowest BCUT2D eigenvalue weighted by atomic mass is 9.98. The number of amides is 1. The van der Waals surface area contributed by atoms with E-state index in [1.165, 1.54) is 32.1 Å². The third-order valence-electron chi connectivity index (χ3n) is 3.96. The maximum Gasteiger partial charge on any atom is 0.251 e. The lowest BCUT2D eigenvalue weighted by Gasteiger charge is -2.21. The van der Waals surface area contributed by atoms with Crippen LogP contribution in [0.2, 0.25) is 0 Å². The van der Waals surface area contributed by atoms with Crippen molar-refractivity contribution < 1.29 is 9.53 Å². The Labute approximate surface area is 127 Å². The minimum Gasteiger partial charge on any atom is -0.378 e. The number of rotatable bonds is 7. The molecule has 1 saturated carbocycles. The number of nitrogens with two attached hydrogens (primary N) is 1. The van der Waals surface area contributed by atoms with Gasteiger partial charge in [-0.25, -0.2) is 0 Å². The monoisotopic (exact) mass is 290 g/mol. The molecule has 0 unspecified atom stereocenters. The largest absolute Gasteiger partial charge is 0.378 e. The molecule has 4 nitrogen and oxygen atoms in total. The van der Waals surface area contributed by atoms with E-state index in [-0.39, 0.29) is 5.91 Å². The Kier molecular flexibility index (Phi) is 6.70. The summed E-state index contributed by atoms with van der Waals surface area (Å²) in [5, 5.41) is 2.92. The second kappa shape index (κ2) is 8.80. The maximum atomic E-state index is 11.9. The number of hydrogen-bond donors (Lipinski definition) is 2. The van der Waals surface area contributed by atoms with Crippen molar-refractivity contribution in [3.63, 3.8) is 0 Å². The van der Waals surface area contributed by atoms with Gasteiger partial charge in [0.05, 0.1) is 6.10 Å². The zero-order valence-electron chi connectivity index (χ0n) is 12.6. The molecule has 0 atom stereocenters. The molecule has 1 aromatic carbocycles. The predicted molar refractivity (Wildman–Crippen MR) is 84.1 cm³/mol. The fraction of sp³-hybridized carbons (Fsp3) is 0.588. The van der Waals surface area contributed by atoms with Gasteiger partial charge in [-0.2, -0.15) is 0 Å². The van der Waals surface area contributed by atoms with Crippen molar-refractivity contribution in [2.75, 3.05) is 13.2 Å². The van der Waals surface area contributed by atoms with Crippen LogP contribution in [-0.4, -0.2) is 25.2 Å². The van der Waals surface area contributed by atoms with Crippen LogP contribution in [-0.2, 0) is 11.3 Å². The summed E-state index contributed by atoms with van der Waals surface area (Å²) < 4.78 is 5.84. The van der Waals surface area contributed by atoms with Crippen LogP contribution < -0.4 is 11.1 Å².